The molecule has 0 amide bonds. The van der Waals surface area contributed by atoms with Gasteiger partial charge in [-0.1, -0.05) is 108 Å². The van der Waals surface area contributed by atoms with Crippen molar-refractivity contribution in [2.45, 2.75) is 121 Å². The van der Waals surface area contributed by atoms with Crippen LogP contribution in [0, 0.1) is 21.7 Å². The van der Waals surface area contributed by atoms with Gasteiger partial charge >= 0.3 is 0 Å². The van der Waals surface area contributed by atoms with E-state index < -0.39 is 0 Å². The lowest BCUT2D eigenvalue weighted by molar-refractivity contribution is -0.113. The summed E-state index contributed by atoms with van der Waals surface area (Å²) in [4.78, 5) is 27.0. The zero-order chi connectivity index (χ0) is 32.3. The summed E-state index contributed by atoms with van der Waals surface area (Å²) in [5, 5.41) is 7.25. The molecule has 2 N–H and O–H groups in total. The van der Waals surface area contributed by atoms with Crippen LogP contribution in [0.25, 0.3) is 0 Å². The van der Waals surface area contributed by atoms with Crippen molar-refractivity contribution in [1.29, 1.82) is 0 Å². The first kappa shape index (κ1) is 36.4. The predicted octanol–water partition coefficient (Wildman–Crippen LogP) is 8.61. The second-order valence-corrected chi connectivity index (χ2v) is 16.0. The van der Waals surface area contributed by atoms with Gasteiger partial charge in [-0.25, -0.2) is 0 Å². The SMILES string of the molecule is CC(C)(C)C1=CC(=CNC2CCCCC2NC=C2C=C(C(C)(C)C)C=C(C(C)(C)C)C2=O)C(=O)C(C(C)(C)C)=C1.[Al][Cl]. The van der Waals surface area contributed by atoms with Crippen molar-refractivity contribution >= 4 is 37.0 Å². The normalized spacial score (nSPS) is 24.3. The Morgan fingerprint density at radius 2 is 0.905 bits per heavy atom. The number of hydrogen-bond acceptors (Lipinski definition) is 4. The minimum absolute atomic E-state index is 0.0519. The van der Waals surface area contributed by atoms with Gasteiger partial charge in [-0.2, -0.15) is 0 Å². The fourth-order valence-electron chi connectivity index (χ4n) is 5.42. The predicted molar refractivity (Wildman–Crippen MR) is 180 cm³/mol. The van der Waals surface area contributed by atoms with E-state index in [1.807, 2.05) is 27.8 Å². The Balaban J connectivity index is 0.00000301. The number of Topliss-reactive ketones (excluding diaryl/α,β-unsaturated/α-hetero) is 2. The molecule has 2 atom stereocenters. The highest BCUT2D eigenvalue weighted by molar-refractivity contribution is 6.80. The molecule has 0 aliphatic heterocycles. The van der Waals surface area contributed by atoms with E-state index >= 15 is 0 Å². The van der Waals surface area contributed by atoms with Crippen molar-refractivity contribution in [3.63, 3.8) is 0 Å². The molecule has 230 valence electrons. The Morgan fingerprint density at radius 1 is 0.595 bits per heavy atom. The summed E-state index contributed by atoms with van der Waals surface area (Å²) in [5.41, 5.74) is 4.95. The van der Waals surface area contributed by atoms with Crippen LogP contribution in [0.1, 0.15) is 109 Å². The Morgan fingerprint density at radius 3 is 1.17 bits per heavy atom. The van der Waals surface area contributed by atoms with E-state index in [2.05, 4.69) is 128 Å². The molecule has 0 aromatic heterocycles. The maximum absolute atomic E-state index is 13.5. The number of nitrogens with one attached hydrogen (secondary N) is 2. The van der Waals surface area contributed by atoms with E-state index in [1.54, 1.807) is 0 Å². The molecule has 3 aliphatic rings. The minimum Gasteiger partial charge on any atom is -0.386 e. The van der Waals surface area contributed by atoms with E-state index in [4.69, 9.17) is 0 Å². The molecule has 0 heterocycles. The first-order valence-electron chi connectivity index (χ1n) is 15.3. The van der Waals surface area contributed by atoms with Crippen molar-refractivity contribution < 1.29 is 9.59 Å². The smallest absolute Gasteiger partial charge is 0.293 e. The number of allylic oxidation sites excluding steroid dienone is 10. The van der Waals surface area contributed by atoms with Crippen LogP contribution in [0.3, 0.4) is 0 Å². The molecule has 0 saturated heterocycles. The quantitative estimate of drug-likeness (QED) is 0.248. The van der Waals surface area contributed by atoms with Crippen LogP contribution in [-0.4, -0.2) is 39.0 Å². The lowest BCUT2D eigenvalue weighted by Crippen LogP contribution is -2.47. The monoisotopic (exact) mass is 608 g/mol. The molecule has 1 saturated carbocycles. The molecule has 2 radical (unpaired) electrons. The van der Waals surface area contributed by atoms with Gasteiger partial charge < -0.3 is 10.6 Å². The average Bonchev–Trinajstić information content (AvgIpc) is 2.86. The van der Waals surface area contributed by atoms with Gasteiger partial charge in [0.1, 0.15) is 0 Å². The summed E-state index contributed by atoms with van der Waals surface area (Å²) in [6, 6.07) is 0.340. The summed E-state index contributed by atoms with van der Waals surface area (Å²) < 4.78 is 0. The Labute approximate surface area is 268 Å². The van der Waals surface area contributed by atoms with Crippen LogP contribution >= 0.6 is 10.0 Å². The lowest BCUT2D eigenvalue weighted by Gasteiger charge is -2.34. The van der Waals surface area contributed by atoms with E-state index in [1.165, 1.54) is 11.1 Å². The molecule has 4 nitrogen and oxygen atoms in total. The van der Waals surface area contributed by atoms with Gasteiger partial charge in [0.15, 0.2) is 11.6 Å². The van der Waals surface area contributed by atoms with Crippen molar-refractivity contribution in [2.24, 2.45) is 21.7 Å². The first-order valence-corrected chi connectivity index (χ1v) is 17.1. The highest BCUT2D eigenvalue weighted by Gasteiger charge is 2.33. The molecule has 0 spiro atoms. The zero-order valence-electron chi connectivity index (χ0n) is 28.2. The summed E-state index contributed by atoms with van der Waals surface area (Å²) in [5.74, 6) is 0.203. The molecular weight excluding hydrogens is 555 g/mol. The van der Waals surface area contributed by atoms with Gasteiger partial charge in [0, 0.05) is 46.8 Å². The van der Waals surface area contributed by atoms with Crippen LogP contribution in [0.5, 0.6) is 0 Å². The molecule has 0 aromatic carbocycles. The number of halogens is 1. The number of rotatable bonds is 4. The highest BCUT2D eigenvalue weighted by atomic mass is 35.6. The van der Waals surface area contributed by atoms with Crippen molar-refractivity contribution in [1.82, 2.24) is 10.6 Å². The number of hydrogen-bond donors (Lipinski definition) is 2. The van der Waals surface area contributed by atoms with Crippen molar-refractivity contribution in [3.8, 4) is 0 Å². The Bertz CT molecular complexity index is 1120. The molecule has 0 bridgehead atoms. The molecular formula is C36H54AlClN2O2. The fourth-order valence-corrected chi connectivity index (χ4v) is 5.42. The van der Waals surface area contributed by atoms with Crippen LogP contribution in [-0.2, 0) is 9.59 Å². The molecule has 3 aliphatic carbocycles. The van der Waals surface area contributed by atoms with Gasteiger partial charge in [-0.3, -0.25) is 19.6 Å². The second kappa shape index (κ2) is 13.9. The maximum Gasteiger partial charge on any atom is 0.293 e. The summed E-state index contributed by atoms with van der Waals surface area (Å²) in [7, 11) is 4.56. The molecule has 2 unspecified atom stereocenters. The maximum atomic E-state index is 13.5. The second-order valence-electron chi connectivity index (χ2n) is 16.0. The fraction of sp³-hybridized carbons (Fsp3) is 0.611. The van der Waals surface area contributed by atoms with Crippen LogP contribution in [0.15, 0.2) is 70.1 Å². The minimum atomic E-state index is -0.228. The zero-order valence-corrected chi connectivity index (χ0v) is 30.1. The van der Waals surface area contributed by atoms with Crippen LogP contribution in [0.4, 0.5) is 0 Å². The van der Waals surface area contributed by atoms with Gasteiger partial charge in [0.25, 0.3) is 15.4 Å². The molecule has 3 rings (SSSR count). The first-order chi connectivity index (χ1) is 19.2. The third-order valence-corrected chi connectivity index (χ3v) is 8.26. The number of carbonyl (C=O) groups excluding carboxylic acids is 2. The summed E-state index contributed by atoms with van der Waals surface area (Å²) >= 11 is 1.89. The van der Waals surface area contributed by atoms with Gasteiger partial charge in [0.2, 0.25) is 0 Å². The van der Waals surface area contributed by atoms with Gasteiger partial charge in [-0.15, -0.1) is 0 Å². The number of carbonyl (C=O) groups is 2. The van der Waals surface area contributed by atoms with Crippen molar-refractivity contribution in [3.05, 3.63) is 70.1 Å². The standard InChI is InChI=1S/C36H54N2O2.Al.ClH/c1-33(2,3)25-17-23(31(39)27(19-25)35(7,8)9)21-37-29-15-13-14-16-30(29)38-22-24-18-26(34(4,5)6)20-28(32(24)40)36(10,11)12;;/h17-22,29-30,37-38H,13-16H2,1-12H3;;1H/q;+1;/p-1. The molecule has 0 aromatic rings. The highest BCUT2D eigenvalue weighted by Crippen LogP contribution is 2.39. The van der Waals surface area contributed by atoms with E-state index in [-0.39, 0.29) is 45.3 Å². The topological polar surface area (TPSA) is 58.2 Å². The average molecular weight is 609 g/mol. The van der Waals surface area contributed by atoms with Gasteiger partial charge in [-0.05, 0) is 57.8 Å². The Hall–Kier alpha value is -1.80. The molecule has 1 fully saturated rings. The molecule has 42 heavy (non-hydrogen) atoms. The Kier molecular flexibility index (Phi) is 12.0. The van der Waals surface area contributed by atoms with E-state index in [0.717, 1.165) is 48.0 Å². The lowest BCUT2D eigenvalue weighted by atomic mass is 9.73. The summed E-state index contributed by atoms with van der Waals surface area (Å²) in [6.45, 7) is 25.8. The van der Waals surface area contributed by atoms with Crippen LogP contribution < -0.4 is 10.6 Å². The molecule has 6 heteroatoms. The van der Waals surface area contributed by atoms with E-state index in [0.29, 0.717) is 0 Å². The largest absolute Gasteiger partial charge is 0.386 e. The third kappa shape index (κ3) is 9.35. The summed E-state index contributed by atoms with van der Waals surface area (Å²) in [6.07, 6.45) is 16.5. The van der Waals surface area contributed by atoms with Crippen LogP contribution in [0.2, 0.25) is 0 Å². The van der Waals surface area contributed by atoms with Gasteiger partial charge in [0.05, 0.1) is 0 Å². The van der Waals surface area contributed by atoms with E-state index in [9.17, 15) is 9.59 Å². The number of ketones is 2. The van der Waals surface area contributed by atoms with Crippen molar-refractivity contribution in [2.75, 3.05) is 0 Å². The third-order valence-electron chi connectivity index (χ3n) is 8.26.